The van der Waals surface area contributed by atoms with E-state index in [1.165, 1.54) is 21.2 Å². The number of aromatic nitrogens is 5. The van der Waals surface area contributed by atoms with Crippen molar-refractivity contribution < 1.29 is 9.84 Å². The largest absolute Gasteiger partial charge is 0.504 e. The summed E-state index contributed by atoms with van der Waals surface area (Å²) < 4.78 is 10.4. The molecule has 1 spiro atoms. The van der Waals surface area contributed by atoms with Gasteiger partial charge in [0.1, 0.15) is 12.2 Å². The zero-order chi connectivity index (χ0) is 19.5. The molecule has 2 aliphatic heterocycles. The van der Waals surface area contributed by atoms with Crippen molar-refractivity contribution in [1.29, 1.82) is 0 Å². The number of fused-ring (bicyclic) bond motifs is 2. The Morgan fingerprint density at radius 2 is 2.18 bits per heavy atom. The van der Waals surface area contributed by atoms with Crippen LogP contribution in [0.2, 0.25) is 0 Å². The summed E-state index contributed by atoms with van der Waals surface area (Å²) in [5.41, 5.74) is 0.0486. The molecule has 2 aliphatic rings. The predicted molar refractivity (Wildman–Crippen MR) is 98.0 cm³/mol. The molecule has 1 fully saturated rings. The van der Waals surface area contributed by atoms with Gasteiger partial charge in [0.15, 0.2) is 17.2 Å². The second-order valence-electron chi connectivity index (χ2n) is 7.51. The second kappa shape index (κ2) is 6.01. The highest BCUT2D eigenvalue weighted by atomic mass is 16.5. The Balaban J connectivity index is 1.38. The van der Waals surface area contributed by atoms with Crippen molar-refractivity contribution in [2.75, 3.05) is 13.1 Å². The monoisotopic (exact) mass is 384 g/mol. The number of aromatic hydroxyl groups is 1. The molecule has 28 heavy (non-hydrogen) atoms. The third-order valence-corrected chi connectivity index (χ3v) is 5.54. The van der Waals surface area contributed by atoms with Gasteiger partial charge in [0, 0.05) is 38.9 Å². The van der Waals surface area contributed by atoms with Crippen molar-refractivity contribution in [3.63, 3.8) is 0 Å². The third kappa shape index (κ3) is 2.64. The van der Waals surface area contributed by atoms with E-state index in [0.717, 1.165) is 13.0 Å². The summed E-state index contributed by atoms with van der Waals surface area (Å²) in [6.07, 6.45) is 2.36. The summed E-state index contributed by atoms with van der Waals surface area (Å²) in [4.78, 5) is 31.2. The highest BCUT2D eigenvalue weighted by Crippen LogP contribution is 2.32. The summed E-state index contributed by atoms with van der Waals surface area (Å²) in [5.74, 6) is 0.620. The van der Waals surface area contributed by atoms with Crippen LogP contribution in [0.3, 0.4) is 0 Å². The zero-order valence-corrected chi connectivity index (χ0v) is 15.4. The molecule has 0 aliphatic carbocycles. The summed E-state index contributed by atoms with van der Waals surface area (Å²) in [5, 5.41) is 14.2. The Labute approximate surface area is 159 Å². The highest BCUT2D eigenvalue weighted by molar-refractivity contribution is 5.52. The van der Waals surface area contributed by atoms with Crippen LogP contribution in [0.5, 0.6) is 5.75 Å². The number of rotatable bonds is 2. The normalized spacial score (nSPS) is 22.2. The molecule has 3 aromatic rings. The molecule has 1 saturated heterocycles. The lowest BCUT2D eigenvalue weighted by atomic mass is 10.0. The van der Waals surface area contributed by atoms with Gasteiger partial charge in [-0.15, -0.1) is 0 Å². The smallest absolute Gasteiger partial charge is 0.345 e. The van der Waals surface area contributed by atoms with Crippen molar-refractivity contribution in [3.8, 4) is 5.75 Å². The first-order valence-corrected chi connectivity index (χ1v) is 9.13. The number of likely N-dealkylation sites (tertiary alicyclic amines) is 1. The molecule has 1 N–H and O–H groups in total. The van der Waals surface area contributed by atoms with Crippen LogP contribution in [0.1, 0.15) is 17.9 Å². The van der Waals surface area contributed by atoms with Crippen LogP contribution < -0.4 is 11.2 Å². The highest BCUT2D eigenvalue weighted by Gasteiger charge is 2.43. The third-order valence-electron chi connectivity index (χ3n) is 5.54. The number of nitrogens with zero attached hydrogens (tertiary/aromatic N) is 6. The average molecular weight is 384 g/mol. The van der Waals surface area contributed by atoms with Gasteiger partial charge in [-0.05, 0) is 18.6 Å². The van der Waals surface area contributed by atoms with E-state index in [9.17, 15) is 14.7 Å². The summed E-state index contributed by atoms with van der Waals surface area (Å²) >= 11 is 0. The van der Waals surface area contributed by atoms with E-state index in [2.05, 4.69) is 15.0 Å². The van der Waals surface area contributed by atoms with Gasteiger partial charge in [0.25, 0.3) is 5.56 Å². The first-order chi connectivity index (χ1) is 13.4. The Bertz CT molecular complexity index is 1190. The minimum atomic E-state index is -0.437. The first kappa shape index (κ1) is 17.1. The van der Waals surface area contributed by atoms with Crippen LogP contribution in [0.25, 0.3) is 5.65 Å². The molecule has 5 rings (SSSR count). The molecule has 0 amide bonds. The van der Waals surface area contributed by atoms with Gasteiger partial charge >= 0.3 is 5.69 Å². The van der Waals surface area contributed by atoms with Crippen molar-refractivity contribution >= 4 is 5.65 Å². The zero-order valence-electron chi connectivity index (χ0n) is 15.4. The predicted octanol–water partition coefficient (Wildman–Crippen LogP) is -0.530. The van der Waals surface area contributed by atoms with Crippen LogP contribution in [0.15, 0.2) is 34.0 Å². The molecule has 10 heteroatoms. The van der Waals surface area contributed by atoms with Crippen molar-refractivity contribution in [2.24, 2.45) is 7.05 Å². The molecule has 0 saturated carbocycles. The molecule has 1 atom stereocenters. The Morgan fingerprint density at radius 1 is 1.32 bits per heavy atom. The summed E-state index contributed by atoms with van der Waals surface area (Å²) in [6, 6.07) is 4.60. The molecular weight excluding hydrogens is 364 g/mol. The fourth-order valence-corrected chi connectivity index (χ4v) is 4.15. The van der Waals surface area contributed by atoms with Crippen molar-refractivity contribution in [3.05, 3.63) is 56.8 Å². The quantitative estimate of drug-likeness (QED) is 0.633. The van der Waals surface area contributed by atoms with Gasteiger partial charge in [-0.1, -0.05) is 0 Å². The van der Waals surface area contributed by atoms with Crippen LogP contribution >= 0.6 is 0 Å². The molecule has 3 aromatic heterocycles. The Kier molecular flexibility index (Phi) is 3.68. The second-order valence-corrected chi connectivity index (χ2v) is 7.51. The van der Waals surface area contributed by atoms with E-state index in [-0.39, 0.29) is 22.6 Å². The molecule has 10 nitrogen and oxygen atoms in total. The van der Waals surface area contributed by atoms with Crippen molar-refractivity contribution in [2.45, 2.75) is 31.7 Å². The minimum Gasteiger partial charge on any atom is -0.504 e. The van der Waals surface area contributed by atoms with Crippen LogP contribution in [0, 0.1) is 0 Å². The van der Waals surface area contributed by atoms with Gasteiger partial charge in [0.05, 0.1) is 12.2 Å². The van der Waals surface area contributed by atoms with Gasteiger partial charge in [-0.25, -0.2) is 14.5 Å². The van der Waals surface area contributed by atoms with Crippen molar-refractivity contribution in [1.82, 2.24) is 28.6 Å². The number of pyridine rings is 1. The lowest BCUT2D eigenvalue weighted by molar-refractivity contribution is -0.0833. The minimum absolute atomic E-state index is 0.0292. The van der Waals surface area contributed by atoms with Gasteiger partial charge in [0.2, 0.25) is 0 Å². The molecule has 0 aromatic carbocycles. The summed E-state index contributed by atoms with van der Waals surface area (Å²) in [7, 11) is 1.64. The molecular formula is C18H20N6O4. The van der Waals surface area contributed by atoms with Crippen LogP contribution in [-0.2, 0) is 31.5 Å². The fourth-order valence-electron chi connectivity index (χ4n) is 4.15. The Morgan fingerprint density at radius 3 is 3.04 bits per heavy atom. The molecule has 0 bridgehead atoms. The molecule has 1 unspecified atom stereocenters. The molecule has 146 valence electrons. The van der Waals surface area contributed by atoms with Gasteiger partial charge < -0.3 is 9.84 Å². The van der Waals surface area contributed by atoms with Gasteiger partial charge in [-0.2, -0.15) is 5.10 Å². The standard InChI is InChI=1S/C18H20N6O4/c1-21-17(27)24-11-18(28-9-14(24)20-21)4-6-22(10-18)8-12-7-15(26)23-5-2-3-13(25)16(23)19-12/h2-3,5,7,25H,4,6,8-11H2,1H3. The Hall–Kier alpha value is -2.98. The topological polar surface area (TPSA) is 107 Å². The van der Waals surface area contributed by atoms with Crippen LogP contribution in [-0.4, -0.2) is 52.4 Å². The number of hydrogen-bond acceptors (Lipinski definition) is 7. The number of hydrogen-bond donors (Lipinski definition) is 1. The SMILES string of the molecule is Cn1nc2n(c1=O)CC1(CCN(Cc3cc(=O)n4cccc(O)c4n3)C1)OC2. The maximum atomic E-state index is 12.3. The van der Waals surface area contributed by atoms with E-state index in [4.69, 9.17) is 4.74 Å². The number of aryl methyl sites for hydroxylation is 1. The van der Waals surface area contributed by atoms with E-state index in [0.29, 0.717) is 37.8 Å². The molecule has 0 radical (unpaired) electrons. The van der Waals surface area contributed by atoms with E-state index in [1.807, 2.05) is 0 Å². The first-order valence-electron chi connectivity index (χ1n) is 9.13. The maximum absolute atomic E-state index is 12.3. The summed E-state index contributed by atoms with van der Waals surface area (Å²) in [6.45, 7) is 2.66. The number of ether oxygens (including phenoxy) is 1. The van der Waals surface area contributed by atoms with E-state index < -0.39 is 5.60 Å². The lowest BCUT2D eigenvalue weighted by Gasteiger charge is -2.33. The van der Waals surface area contributed by atoms with E-state index in [1.54, 1.807) is 23.9 Å². The average Bonchev–Trinajstić information content (AvgIpc) is 3.18. The maximum Gasteiger partial charge on any atom is 0.345 e. The van der Waals surface area contributed by atoms with Crippen LogP contribution in [0.4, 0.5) is 0 Å². The van der Waals surface area contributed by atoms with Gasteiger partial charge in [-0.3, -0.25) is 18.7 Å². The van der Waals surface area contributed by atoms with E-state index >= 15 is 0 Å². The lowest BCUT2D eigenvalue weighted by Crippen LogP contribution is -2.46. The molecule has 5 heterocycles. The fraction of sp³-hybridized carbons (Fsp3) is 0.444.